The van der Waals surface area contributed by atoms with Crippen LogP contribution >= 0.6 is 11.3 Å². The summed E-state index contributed by atoms with van der Waals surface area (Å²) >= 11 is 1.37. The van der Waals surface area contributed by atoms with Crippen LogP contribution in [0.25, 0.3) is 10.2 Å². The van der Waals surface area contributed by atoms with Crippen LogP contribution in [0.4, 0.5) is 5.13 Å². The van der Waals surface area contributed by atoms with E-state index in [4.69, 9.17) is 4.74 Å². The van der Waals surface area contributed by atoms with Crippen LogP contribution in [0.1, 0.15) is 19.4 Å². The molecule has 0 spiro atoms. The number of ether oxygens (including phenoxy) is 1. The van der Waals surface area contributed by atoms with Gasteiger partial charge in [0.2, 0.25) is 5.91 Å². The van der Waals surface area contributed by atoms with E-state index in [-0.39, 0.29) is 17.2 Å². The molecule has 1 heterocycles. The van der Waals surface area contributed by atoms with Gasteiger partial charge in [-0.3, -0.25) is 4.79 Å². The Morgan fingerprint density at radius 2 is 1.89 bits per heavy atom. The van der Waals surface area contributed by atoms with E-state index in [1.54, 1.807) is 45.2 Å². The van der Waals surface area contributed by atoms with E-state index >= 15 is 0 Å². The predicted octanol–water partition coefficient (Wildman–Crippen LogP) is 3.67. The van der Waals surface area contributed by atoms with Gasteiger partial charge in [-0.2, -0.15) is 0 Å². The third kappa shape index (κ3) is 4.28. The zero-order valence-corrected chi connectivity index (χ0v) is 16.9. The van der Waals surface area contributed by atoms with Gasteiger partial charge in [0, 0.05) is 0 Å². The highest BCUT2D eigenvalue weighted by molar-refractivity contribution is 7.92. The summed E-state index contributed by atoms with van der Waals surface area (Å²) in [5.74, 6) is 0.529. The first kappa shape index (κ1) is 19.3. The van der Waals surface area contributed by atoms with Gasteiger partial charge in [0.05, 0.1) is 33.9 Å². The van der Waals surface area contributed by atoms with Crippen molar-refractivity contribution in [3.05, 3.63) is 48.0 Å². The van der Waals surface area contributed by atoms with Crippen molar-refractivity contribution in [3.8, 4) is 5.75 Å². The minimum Gasteiger partial charge on any atom is -0.497 e. The Bertz CT molecular complexity index is 1070. The number of fused-ring (bicyclic) bond motifs is 1. The van der Waals surface area contributed by atoms with Crippen LogP contribution in [-0.4, -0.2) is 31.7 Å². The molecule has 2 aromatic carbocycles. The van der Waals surface area contributed by atoms with Crippen molar-refractivity contribution in [2.75, 3.05) is 12.4 Å². The first-order valence-corrected chi connectivity index (χ1v) is 10.7. The Kier molecular flexibility index (Phi) is 5.48. The van der Waals surface area contributed by atoms with Crippen LogP contribution < -0.4 is 10.1 Å². The smallest absolute Gasteiger partial charge is 0.230 e. The zero-order valence-electron chi connectivity index (χ0n) is 15.2. The summed E-state index contributed by atoms with van der Waals surface area (Å²) in [6.45, 7) is 3.29. The molecule has 6 nitrogen and oxygen atoms in total. The SMILES string of the molecule is COc1ccc2nc(NC(=O)Cc3ccc(S(=O)(=O)C(C)C)cc3)sc2c1. The van der Waals surface area contributed by atoms with Crippen molar-refractivity contribution in [1.29, 1.82) is 0 Å². The van der Waals surface area contributed by atoms with Gasteiger partial charge in [0.15, 0.2) is 15.0 Å². The minimum atomic E-state index is -3.31. The second-order valence-electron chi connectivity index (χ2n) is 6.32. The van der Waals surface area contributed by atoms with E-state index in [9.17, 15) is 13.2 Å². The molecule has 0 aliphatic heterocycles. The molecule has 0 saturated heterocycles. The molecule has 0 saturated carbocycles. The minimum absolute atomic E-state index is 0.140. The molecule has 0 unspecified atom stereocenters. The van der Waals surface area contributed by atoms with E-state index in [2.05, 4.69) is 10.3 Å². The quantitative estimate of drug-likeness (QED) is 0.678. The molecule has 0 fully saturated rings. The van der Waals surface area contributed by atoms with Crippen molar-refractivity contribution in [2.45, 2.75) is 30.4 Å². The number of sulfone groups is 1. The van der Waals surface area contributed by atoms with E-state index < -0.39 is 15.1 Å². The summed E-state index contributed by atoms with van der Waals surface area (Å²) in [7, 11) is -1.71. The average Bonchev–Trinajstić information content (AvgIpc) is 3.02. The van der Waals surface area contributed by atoms with Gasteiger partial charge in [0.25, 0.3) is 0 Å². The second kappa shape index (κ2) is 7.66. The summed E-state index contributed by atoms with van der Waals surface area (Å²) in [5, 5.41) is 2.82. The molecular formula is C19H20N2O4S2. The molecule has 0 aliphatic carbocycles. The van der Waals surface area contributed by atoms with E-state index in [0.717, 1.165) is 21.5 Å². The van der Waals surface area contributed by atoms with Gasteiger partial charge in [0.1, 0.15) is 5.75 Å². The molecule has 1 amide bonds. The molecule has 1 aromatic heterocycles. The van der Waals surface area contributed by atoms with Crippen molar-refractivity contribution in [1.82, 2.24) is 4.98 Å². The molecule has 142 valence electrons. The lowest BCUT2D eigenvalue weighted by Crippen LogP contribution is -2.15. The van der Waals surface area contributed by atoms with Crippen molar-refractivity contribution in [2.24, 2.45) is 0 Å². The number of methoxy groups -OCH3 is 1. The summed E-state index contributed by atoms with van der Waals surface area (Å²) < 4.78 is 30.4. The fourth-order valence-electron chi connectivity index (χ4n) is 2.50. The van der Waals surface area contributed by atoms with E-state index in [0.29, 0.717) is 5.13 Å². The predicted molar refractivity (Wildman–Crippen MR) is 107 cm³/mol. The number of hydrogen-bond acceptors (Lipinski definition) is 6. The van der Waals surface area contributed by atoms with E-state index in [1.807, 2.05) is 18.2 Å². The lowest BCUT2D eigenvalue weighted by atomic mass is 10.1. The average molecular weight is 405 g/mol. The number of rotatable bonds is 6. The number of thiazole rings is 1. The maximum absolute atomic E-state index is 12.3. The number of hydrogen-bond donors (Lipinski definition) is 1. The molecule has 0 radical (unpaired) electrons. The zero-order chi connectivity index (χ0) is 19.6. The fraction of sp³-hybridized carbons (Fsp3) is 0.263. The molecule has 8 heteroatoms. The van der Waals surface area contributed by atoms with Gasteiger partial charge in [-0.05, 0) is 49.7 Å². The molecule has 3 rings (SSSR count). The third-order valence-corrected chi connectivity index (χ3v) is 7.18. The summed E-state index contributed by atoms with van der Waals surface area (Å²) in [6.07, 6.45) is 0.140. The number of nitrogens with one attached hydrogen (secondary N) is 1. The molecular weight excluding hydrogens is 384 g/mol. The Hall–Kier alpha value is -2.45. The number of carbonyl (C=O) groups excluding carboxylic acids is 1. The van der Waals surface area contributed by atoms with Crippen molar-refractivity contribution < 1.29 is 17.9 Å². The fourth-order valence-corrected chi connectivity index (χ4v) is 4.47. The molecule has 1 N–H and O–H groups in total. The van der Waals surface area contributed by atoms with Crippen LogP contribution in [0, 0.1) is 0 Å². The molecule has 0 bridgehead atoms. The molecule has 0 atom stereocenters. The van der Waals surface area contributed by atoms with Crippen LogP contribution in [0.5, 0.6) is 5.75 Å². The van der Waals surface area contributed by atoms with Crippen LogP contribution in [0.15, 0.2) is 47.4 Å². The number of nitrogens with zero attached hydrogens (tertiary/aromatic N) is 1. The first-order chi connectivity index (χ1) is 12.8. The monoisotopic (exact) mass is 404 g/mol. The summed E-state index contributed by atoms with van der Waals surface area (Å²) in [6, 6.07) is 11.9. The van der Waals surface area contributed by atoms with Crippen LogP contribution in [0.3, 0.4) is 0 Å². The van der Waals surface area contributed by atoms with Gasteiger partial charge in [-0.25, -0.2) is 13.4 Å². The van der Waals surface area contributed by atoms with Gasteiger partial charge < -0.3 is 10.1 Å². The first-order valence-electron chi connectivity index (χ1n) is 8.37. The maximum atomic E-state index is 12.3. The lowest BCUT2D eigenvalue weighted by molar-refractivity contribution is -0.115. The third-order valence-electron chi connectivity index (χ3n) is 4.08. The number of amides is 1. The summed E-state index contributed by atoms with van der Waals surface area (Å²) in [4.78, 5) is 16.9. The van der Waals surface area contributed by atoms with Crippen LogP contribution in [-0.2, 0) is 21.1 Å². The Labute approximate surface area is 162 Å². The molecule has 0 aliphatic rings. The Balaban J connectivity index is 1.69. The highest BCUT2D eigenvalue weighted by atomic mass is 32.2. The standard InChI is InChI=1S/C19H20N2O4S2/c1-12(2)27(23,24)15-7-4-13(5-8-15)10-18(22)21-19-20-16-9-6-14(25-3)11-17(16)26-19/h4-9,11-12H,10H2,1-3H3,(H,20,21,22). The number of carbonyl (C=O) groups is 1. The highest BCUT2D eigenvalue weighted by Crippen LogP contribution is 2.29. The van der Waals surface area contributed by atoms with Crippen LogP contribution in [0.2, 0.25) is 0 Å². The Morgan fingerprint density at radius 1 is 1.19 bits per heavy atom. The molecule has 27 heavy (non-hydrogen) atoms. The van der Waals surface area contributed by atoms with Crippen molar-refractivity contribution in [3.63, 3.8) is 0 Å². The topological polar surface area (TPSA) is 85.4 Å². The molecule has 3 aromatic rings. The number of aromatic nitrogens is 1. The number of anilines is 1. The van der Waals surface area contributed by atoms with Gasteiger partial charge in [-0.1, -0.05) is 23.5 Å². The Morgan fingerprint density at radius 3 is 2.52 bits per heavy atom. The van der Waals surface area contributed by atoms with Crippen molar-refractivity contribution >= 4 is 42.4 Å². The summed E-state index contributed by atoms with van der Waals surface area (Å²) in [5.41, 5.74) is 1.53. The number of benzene rings is 2. The second-order valence-corrected chi connectivity index (χ2v) is 9.85. The normalized spacial score (nSPS) is 11.7. The highest BCUT2D eigenvalue weighted by Gasteiger charge is 2.19. The largest absolute Gasteiger partial charge is 0.497 e. The van der Waals surface area contributed by atoms with E-state index in [1.165, 1.54) is 11.3 Å². The van der Waals surface area contributed by atoms with Gasteiger partial charge in [-0.15, -0.1) is 0 Å². The lowest BCUT2D eigenvalue weighted by Gasteiger charge is -2.08. The maximum Gasteiger partial charge on any atom is 0.230 e. The van der Waals surface area contributed by atoms with Gasteiger partial charge >= 0.3 is 0 Å².